The largest absolute Gasteiger partial charge is 0.497 e. The number of halogens is 1. The third kappa shape index (κ3) is 3.38. The monoisotopic (exact) mass is 318 g/mol. The van der Waals surface area contributed by atoms with Crippen molar-refractivity contribution in [3.8, 4) is 5.75 Å². The first-order valence-electron chi connectivity index (χ1n) is 6.45. The Bertz CT molecular complexity index is 525. The van der Waals surface area contributed by atoms with Crippen molar-refractivity contribution in [1.29, 1.82) is 0 Å². The summed E-state index contributed by atoms with van der Waals surface area (Å²) >= 11 is 3.83. The third-order valence-corrected chi connectivity index (χ3v) is 4.21. The van der Waals surface area contributed by atoms with E-state index >= 15 is 0 Å². The van der Waals surface area contributed by atoms with E-state index in [1.54, 1.807) is 7.11 Å². The average Bonchev–Trinajstić information content (AvgIpc) is 2.39. The summed E-state index contributed by atoms with van der Waals surface area (Å²) in [6.07, 6.45) is 0.982. The van der Waals surface area contributed by atoms with Gasteiger partial charge in [0, 0.05) is 4.83 Å². The van der Waals surface area contributed by atoms with Crippen molar-refractivity contribution >= 4 is 15.9 Å². The van der Waals surface area contributed by atoms with Gasteiger partial charge in [-0.1, -0.05) is 46.3 Å². The van der Waals surface area contributed by atoms with E-state index in [2.05, 4.69) is 60.1 Å². The van der Waals surface area contributed by atoms with Crippen LogP contribution in [0.5, 0.6) is 5.75 Å². The van der Waals surface area contributed by atoms with E-state index in [4.69, 9.17) is 4.74 Å². The van der Waals surface area contributed by atoms with Gasteiger partial charge in [-0.3, -0.25) is 0 Å². The van der Waals surface area contributed by atoms with Crippen LogP contribution in [-0.4, -0.2) is 7.11 Å². The van der Waals surface area contributed by atoms with E-state index in [-0.39, 0.29) is 0 Å². The summed E-state index contributed by atoms with van der Waals surface area (Å²) < 4.78 is 5.19. The van der Waals surface area contributed by atoms with Gasteiger partial charge in [-0.2, -0.15) is 0 Å². The van der Waals surface area contributed by atoms with Gasteiger partial charge in [0.1, 0.15) is 5.75 Å². The summed E-state index contributed by atoms with van der Waals surface area (Å²) in [4.78, 5) is 0.349. The molecule has 0 aromatic heterocycles. The Kier molecular flexibility index (Phi) is 4.65. The molecule has 0 spiro atoms. The van der Waals surface area contributed by atoms with Crippen molar-refractivity contribution in [2.75, 3.05) is 7.11 Å². The number of rotatable bonds is 4. The molecule has 0 aliphatic rings. The molecule has 0 fully saturated rings. The maximum absolute atomic E-state index is 5.19. The minimum atomic E-state index is 0.349. The van der Waals surface area contributed by atoms with Gasteiger partial charge in [-0.05, 0) is 54.7 Å². The zero-order chi connectivity index (χ0) is 13.8. The van der Waals surface area contributed by atoms with E-state index in [0.717, 1.165) is 12.2 Å². The number of benzene rings is 2. The van der Waals surface area contributed by atoms with Gasteiger partial charge in [0.15, 0.2) is 0 Å². The van der Waals surface area contributed by atoms with Crippen LogP contribution in [0.15, 0.2) is 42.5 Å². The molecule has 0 bridgehead atoms. The van der Waals surface area contributed by atoms with Crippen molar-refractivity contribution in [3.63, 3.8) is 0 Å². The van der Waals surface area contributed by atoms with Crippen LogP contribution in [0, 0.1) is 13.8 Å². The Morgan fingerprint density at radius 3 is 2.11 bits per heavy atom. The molecule has 2 aromatic rings. The Morgan fingerprint density at radius 2 is 1.58 bits per heavy atom. The lowest BCUT2D eigenvalue weighted by Gasteiger charge is -2.16. The third-order valence-electron chi connectivity index (χ3n) is 3.43. The molecule has 0 aliphatic carbocycles. The summed E-state index contributed by atoms with van der Waals surface area (Å²) in [6, 6.07) is 14.7. The van der Waals surface area contributed by atoms with Crippen LogP contribution in [0.4, 0.5) is 0 Å². The average molecular weight is 319 g/mol. The molecule has 1 nitrogen and oxygen atoms in total. The van der Waals surface area contributed by atoms with Gasteiger partial charge in [0.2, 0.25) is 0 Å². The fourth-order valence-corrected chi connectivity index (χ4v) is 3.49. The minimum Gasteiger partial charge on any atom is -0.497 e. The normalized spacial score (nSPS) is 12.2. The first-order chi connectivity index (χ1) is 9.11. The second-order valence-electron chi connectivity index (χ2n) is 4.83. The fraction of sp³-hybridized carbons (Fsp3) is 0.294. The van der Waals surface area contributed by atoms with Crippen LogP contribution in [0.25, 0.3) is 0 Å². The van der Waals surface area contributed by atoms with Gasteiger partial charge >= 0.3 is 0 Å². The highest BCUT2D eigenvalue weighted by Gasteiger charge is 2.13. The molecular formula is C17H19BrO. The molecule has 0 heterocycles. The molecule has 0 saturated heterocycles. The lowest BCUT2D eigenvalue weighted by molar-refractivity contribution is 0.414. The fourth-order valence-electron chi connectivity index (χ4n) is 2.39. The molecule has 19 heavy (non-hydrogen) atoms. The van der Waals surface area contributed by atoms with Gasteiger partial charge in [0.25, 0.3) is 0 Å². The quantitative estimate of drug-likeness (QED) is 0.721. The predicted octanol–water partition coefficient (Wildman–Crippen LogP) is 4.99. The maximum Gasteiger partial charge on any atom is 0.118 e. The lowest BCUT2D eigenvalue weighted by Crippen LogP contribution is -2.00. The second-order valence-corrected chi connectivity index (χ2v) is 5.93. The van der Waals surface area contributed by atoms with Gasteiger partial charge < -0.3 is 4.74 Å². The SMILES string of the molecule is COc1ccc(CC(Br)c2c(C)cccc2C)cc1. The molecule has 2 aromatic carbocycles. The highest BCUT2D eigenvalue weighted by molar-refractivity contribution is 9.09. The van der Waals surface area contributed by atoms with Crippen LogP contribution in [-0.2, 0) is 6.42 Å². The van der Waals surface area contributed by atoms with Crippen molar-refractivity contribution in [2.24, 2.45) is 0 Å². The van der Waals surface area contributed by atoms with Gasteiger partial charge in [0.05, 0.1) is 7.11 Å². The molecule has 2 rings (SSSR count). The molecule has 0 aliphatic heterocycles. The smallest absolute Gasteiger partial charge is 0.118 e. The molecular weight excluding hydrogens is 300 g/mol. The highest BCUT2D eigenvalue weighted by Crippen LogP contribution is 2.32. The molecule has 2 heteroatoms. The Balaban J connectivity index is 2.18. The van der Waals surface area contributed by atoms with Crippen LogP contribution in [0.1, 0.15) is 27.1 Å². The zero-order valence-corrected chi connectivity index (χ0v) is 13.2. The Labute approximate surface area is 123 Å². The highest BCUT2D eigenvalue weighted by atomic mass is 79.9. The maximum atomic E-state index is 5.19. The molecule has 1 atom stereocenters. The summed E-state index contributed by atoms with van der Waals surface area (Å²) in [6.45, 7) is 4.34. The second kappa shape index (κ2) is 6.25. The molecule has 1 unspecified atom stereocenters. The molecule has 100 valence electrons. The Morgan fingerprint density at radius 1 is 1.00 bits per heavy atom. The summed E-state index contributed by atoms with van der Waals surface area (Å²) in [7, 11) is 1.69. The Hall–Kier alpha value is -1.28. The number of methoxy groups -OCH3 is 1. The first kappa shape index (κ1) is 14.1. The predicted molar refractivity (Wildman–Crippen MR) is 84.3 cm³/mol. The standard InChI is InChI=1S/C17H19BrO/c1-12-5-4-6-13(2)17(12)16(18)11-14-7-9-15(19-3)10-8-14/h4-10,16H,11H2,1-3H3. The van der Waals surface area contributed by atoms with Crippen molar-refractivity contribution in [3.05, 3.63) is 64.7 Å². The first-order valence-corrected chi connectivity index (χ1v) is 7.36. The zero-order valence-electron chi connectivity index (χ0n) is 11.6. The molecule has 0 N–H and O–H groups in total. The van der Waals surface area contributed by atoms with E-state index in [0.29, 0.717) is 4.83 Å². The topological polar surface area (TPSA) is 9.23 Å². The summed E-state index contributed by atoms with van der Waals surface area (Å²) in [5.74, 6) is 0.905. The van der Waals surface area contributed by atoms with Gasteiger partial charge in [-0.25, -0.2) is 0 Å². The van der Waals surface area contributed by atoms with E-state index in [1.165, 1.54) is 22.3 Å². The van der Waals surface area contributed by atoms with Crippen molar-refractivity contribution in [1.82, 2.24) is 0 Å². The number of hydrogen-bond acceptors (Lipinski definition) is 1. The number of aryl methyl sites for hydroxylation is 2. The van der Waals surface area contributed by atoms with Crippen LogP contribution in [0.2, 0.25) is 0 Å². The summed E-state index contributed by atoms with van der Waals surface area (Å²) in [5.41, 5.74) is 5.40. The number of hydrogen-bond donors (Lipinski definition) is 0. The van der Waals surface area contributed by atoms with E-state index in [1.807, 2.05) is 12.1 Å². The summed E-state index contributed by atoms with van der Waals surface area (Å²) in [5, 5.41) is 0. The molecule has 0 radical (unpaired) electrons. The molecule has 0 saturated carbocycles. The van der Waals surface area contributed by atoms with E-state index < -0.39 is 0 Å². The lowest BCUT2D eigenvalue weighted by atomic mass is 9.96. The van der Waals surface area contributed by atoms with Crippen LogP contribution >= 0.6 is 15.9 Å². The number of ether oxygens (including phenoxy) is 1. The minimum absolute atomic E-state index is 0.349. The van der Waals surface area contributed by atoms with Crippen molar-refractivity contribution in [2.45, 2.75) is 25.1 Å². The van der Waals surface area contributed by atoms with Gasteiger partial charge in [-0.15, -0.1) is 0 Å². The molecule has 0 amide bonds. The van der Waals surface area contributed by atoms with Crippen LogP contribution in [0.3, 0.4) is 0 Å². The van der Waals surface area contributed by atoms with E-state index in [9.17, 15) is 0 Å². The number of alkyl halides is 1. The van der Waals surface area contributed by atoms with Crippen LogP contribution < -0.4 is 4.74 Å². The van der Waals surface area contributed by atoms with Crippen molar-refractivity contribution < 1.29 is 4.74 Å².